The molecule has 0 rings (SSSR count). The summed E-state index contributed by atoms with van der Waals surface area (Å²) < 4.78 is 0.238. The van der Waals surface area contributed by atoms with Crippen LogP contribution in [0.5, 0.6) is 0 Å². The third-order valence-electron chi connectivity index (χ3n) is 1.23. The number of rotatable bonds is 3. The Morgan fingerprint density at radius 1 is 1.56 bits per heavy atom. The van der Waals surface area contributed by atoms with Crippen molar-refractivity contribution >= 4 is 11.7 Å². The van der Waals surface area contributed by atoms with Crippen LogP contribution < -0.4 is 0 Å². The molecule has 1 amide bonds. The summed E-state index contributed by atoms with van der Waals surface area (Å²) in [6, 6.07) is 0. The van der Waals surface area contributed by atoms with Gasteiger partial charge in [-0.3, -0.25) is 0 Å². The molecule has 0 aromatic heterocycles. The molecule has 0 heterocycles. The predicted octanol–water partition coefficient (Wildman–Crippen LogP) is 1.68. The first-order chi connectivity index (χ1) is 4.26. The first kappa shape index (κ1) is 9.70. The second-order valence-corrected chi connectivity index (χ2v) is 7.44. The third kappa shape index (κ3) is 3.41. The van der Waals surface area contributed by atoms with Gasteiger partial charge in [0.2, 0.25) is 0 Å². The monoisotopic (exact) mass is 337 g/mol. The van der Waals surface area contributed by atoms with Gasteiger partial charge in [0.15, 0.2) is 0 Å². The molecule has 0 bridgehead atoms. The fourth-order valence-electron chi connectivity index (χ4n) is 0.661. The fraction of sp³-hybridized carbons (Fsp3) is 0.800. The van der Waals surface area contributed by atoms with Crippen LogP contribution in [0.1, 0.15) is 13.8 Å². The maximum absolute atomic E-state index is 10.9. The Kier molecular flexibility index (Phi) is 5.90. The van der Waals surface area contributed by atoms with Crippen LogP contribution >= 0.6 is 8.25 Å². The minimum atomic E-state index is -1.61. The Bertz CT molecular complexity index is 95.0. The van der Waals surface area contributed by atoms with Gasteiger partial charge in [0.05, 0.1) is 0 Å². The van der Waals surface area contributed by atoms with Gasteiger partial charge in [-0.25, -0.2) is 0 Å². The van der Waals surface area contributed by atoms with E-state index in [1.165, 1.54) is 0 Å². The zero-order valence-corrected chi connectivity index (χ0v) is 12.1. The average Bonchev–Trinajstić information content (AvgIpc) is 1.90. The molecule has 0 aromatic carbocycles. The fourth-order valence-corrected chi connectivity index (χ4v) is 4.54. The molecule has 0 aromatic rings. The molecule has 0 aliphatic rings. The van der Waals surface area contributed by atoms with E-state index < -0.39 is 23.3 Å². The van der Waals surface area contributed by atoms with Crippen LogP contribution in [0.25, 0.3) is 0 Å². The summed E-state index contributed by atoms with van der Waals surface area (Å²) in [6.45, 7) is 5.56. The Labute approximate surface area is 71.4 Å². The van der Waals surface area contributed by atoms with Gasteiger partial charge in [-0.15, -0.1) is 0 Å². The van der Waals surface area contributed by atoms with E-state index in [4.69, 9.17) is 8.25 Å². The standard InChI is InChI=1S/C5H10NO.ClH.Hg/c1-3-6(4-2)5-7;;/h3-4H2,1-2H3;1H;/q;;+1/p-1. The van der Waals surface area contributed by atoms with Gasteiger partial charge in [-0.2, -0.15) is 0 Å². The number of carbonyl (C=O) groups is 1. The molecule has 0 saturated heterocycles. The summed E-state index contributed by atoms with van der Waals surface area (Å²) in [5.74, 6) is 0. The molecule has 0 unspecified atom stereocenters. The first-order valence-corrected chi connectivity index (χ1v) is 12.6. The zero-order chi connectivity index (χ0) is 7.28. The molecule has 0 aliphatic heterocycles. The second-order valence-electron chi connectivity index (χ2n) is 1.70. The van der Waals surface area contributed by atoms with E-state index in [2.05, 4.69) is 0 Å². The zero-order valence-electron chi connectivity index (χ0n) is 5.85. The van der Waals surface area contributed by atoms with Crippen LogP contribution in [0, 0.1) is 0 Å². The van der Waals surface area contributed by atoms with Gasteiger partial charge in [0, 0.05) is 0 Å². The minimum absolute atomic E-state index is 0.238. The van der Waals surface area contributed by atoms with E-state index in [0.717, 1.165) is 13.1 Å². The molecular formula is C5H10ClHgNO. The van der Waals surface area contributed by atoms with E-state index >= 15 is 0 Å². The molecule has 9 heavy (non-hydrogen) atoms. The molecule has 0 fully saturated rings. The molecule has 0 saturated carbocycles. The number of hydrogen-bond acceptors (Lipinski definition) is 1. The quantitative estimate of drug-likeness (QED) is 0.719. The van der Waals surface area contributed by atoms with Crippen molar-refractivity contribution in [3.63, 3.8) is 0 Å². The molecule has 2 nitrogen and oxygen atoms in total. The van der Waals surface area contributed by atoms with Gasteiger partial charge >= 0.3 is 71.6 Å². The molecular weight excluding hydrogens is 326 g/mol. The Morgan fingerprint density at radius 3 is 2.11 bits per heavy atom. The summed E-state index contributed by atoms with van der Waals surface area (Å²) in [4.78, 5) is 12.7. The number of carbonyl (C=O) groups excluding carboxylic acids is 1. The van der Waals surface area contributed by atoms with Crippen LogP contribution in [0.15, 0.2) is 0 Å². The molecule has 50 valence electrons. The summed E-state index contributed by atoms with van der Waals surface area (Å²) in [6.07, 6.45) is 0. The summed E-state index contributed by atoms with van der Waals surface area (Å²) in [5.41, 5.74) is 0. The van der Waals surface area contributed by atoms with Gasteiger partial charge in [-0.1, -0.05) is 0 Å². The van der Waals surface area contributed by atoms with E-state index in [-0.39, 0.29) is 3.42 Å². The van der Waals surface area contributed by atoms with Crippen molar-refractivity contribution in [3.05, 3.63) is 0 Å². The van der Waals surface area contributed by atoms with Crippen molar-refractivity contribution in [2.45, 2.75) is 13.8 Å². The number of nitrogens with zero attached hydrogens (tertiary/aromatic N) is 1. The number of hydrogen-bond donors (Lipinski definition) is 0. The van der Waals surface area contributed by atoms with Crippen molar-refractivity contribution in [2.75, 3.05) is 13.1 Å². The Hall–Kier alpha value is 0.695. The van der Waals surface area contributed by atoms with E-state index in [9.17, 15) is 4.79 Å². The molecule has 0 spiro atoms. The average molecular weight is 336 g/mol. The normalized spacial score (nSPS) is 8.33. The second kappa shape index (κ2) is 5.48. The summed E-state index contributed by atoms with van der Waals surface area (Å²) >= 11 is -1.61. The van der Waals surface area contributed by atoms with Crippen molar-refractivity contribution in [2.24, 2.45) is 0 Å². The van der Waals surface area contributed by atoms with Crippen LogP contribution in [0.2, 0.25) is 0 Å². The molecule has 4 heteroatoms. The molecule has 0 aliphatic carbocycles. The Morgan fingerprint density at radius 2 is 2.00 bits per heavy atom. The van der Waals surface area contributed by atoms with Crippen molar-refractivity contribution in [3.8, 4) is 0 Å². The summed E-state index contributed by atoms with van der Waals surface area (Å²) in [5, 5.41) is 0. The van der Waals surface area contributed by atoms with Crippen molar-refractivity contribution in [1.29, 1.82) is 0 Å². The van der Waals surface area contributed by atoms with Crippen molar-refractivity contribution < 1.29 is 28.1 Å². The summed E-state index contributed by atoms with van der Waals surface area (Å²) in [7, 11) is 5.54. The van der Waals surface area contributed by atoms with E-state index in [1.807, 2.05) is 13.8 Å². The first-order valence-electron chi connectivity index (χ1n) is 3.10. The molecule has 0 N–H and O–H groups in total. The number of halogens is 1. The van der Waals surface area contributed by atoms with Gasteiger partial charge < -0.3 is 0 Å². The van der Waals surface area contributed by atoms with E-state index in [1.54, 1.807) is 4.90 Å². The van der Waals surface area contributed by atoms with Crippen LogP contribution in [-0.2, 0) is 23.3 Å². The van der Waals surface area contributed by atoms with Gasteiger partial charge in [0.1, 0.15) is 0 Å². The van der Waals surface area contributed by atoms with Crippen molar-refractivity contribution in [1.82, 2.24) is 4.90 Å². The van der Waals surface area contributed by atoms with Gasteiger partial charge in [0.25, 0.3) is 0 Å². The van der Waals surface area contributed by atoms with E-state index in [0.29, 0.717) is 0 Å². The van der Waals surface area contributed by atoms with Gasteiger partial charge in [-0.05, 0) is 0 Å². The number of amides is 1. The maximum atomic E-state index is 10.9. The third-order valence-corrected chi connectivity index (χ3v) is 5.86. The molecule has 0 radical (unpaired) electrons. The topological polar surface area (TPSA) is 20.3 Å². The predicted molar refractivity (Wildman–Crippen MR) is 34.2 cm³/mol. The molecule has 0 atom stereocenters. The Balaban J connectivity index is 3.64. The van der Waals surface area contributed by atoms with Crippen LogP contribution in [0.4, 0.5) is 4.79 Å². The SMILES string of the molecule is CCN(CC)[C](=O)[Hg][Cl]. The van der Waals surface area contributed by atoms with Crippen LogP contribution in [0.3, 0.4) is 0 Å². The van der Waals surface area contributed by atoms with Crippen LogP contribution in [-0.4, -0.2) is 21.4 Å².